The fraction of sp³-hybridized carbons (Fsp3) is 0.238. The highest BCUT2D eigenvalue weighted by Gasteiger charge is 2.20. The molecule has 0 spiro atoms. The van der Waals surface area contributed by atoms with Gasteiger partial charge < -0.3 is 14.8 Å². The van der Waals surface area contributed by atoms with E-state index in [1.165, 1.54) is 21.0 Å². The molecule has 0 saturated carbocycles. The predicted octanol–water partition coefficient (Wildman–Crippen LogP) is 2.88. The van der Waals surface area contributed by atoms with E-state index in [4.69, 9.17) is 14.7 Å². The first-order valence-electron chi connectivity index (χ1n) is 8.52. The van der Waals surface area contributed by atoms with Crippen LogP contribution in [0.2, 0.25) is 0 Å². The summed E-state index contributed by atoms with van der Waals surface area (Å²) in [5, 5.41) is 11.4. The molecule has 0 unspecified atom stereocenters. The number of ketones is 1. The van der Waals surface area contributed by atoms with Crippen LogP contribution < -0.4 is 10.1 Å². The summed E-state index contributed by atoms with van der Waals surface area (Å²) >= 11 is 0. The number of Topliss-reactive ketones (excluding diaryl/α,β-unsaturated/α-hetero) is 1. The second kappa shape index (κ2) is 9.33. The lowest BCUT2D eigenvalue weighted by Gasteiger charge is -2.15. The van der Waals surface area contributed by atoms with E-state index in [-0.39, 0.29) is 12.2 Å². The molecule has 2 aromatic rings. The van der Waals surface area contributed by atoms with Crippen LogP contribution in [-0.4, -0.2) is 30.9 Å². The molecular weight excluding hydrogens is 360 g/mol. The number of anilines is 1. The molecule has 0 aliphatic rings. The van der Waals surface area contributed by atoms with Crippen molar-refractivity contribution in [1.82, 2.24) is 0 Å². The van der Waals surface area contributed by atoms with E-state index in [1.54, 1.807) is 42.5 Å². The Morgan fingerprint density at radius 1 is 1.14 bits per heavy atom. The summed E-state index contributed by atoms with van der Waals surface area (Å²) in [5.41, 5.74) is 1.91. The number of benzene rings is 2. The van der Waals surface area contributed by atoms with Gasteiger partial charge in [0.25, 0.3) is 5.91 Å². The first kappa shape index (κ1) is 20.6. The number of hydrogen-bond donors (Lipinski definition) is 1. The van der Waals surface area contributed by atoms with Gasteiger partial charge in [-0.05, 0) is 56.3 Å². The first-order chi connectivity index (χ1) is 13.3. The fourth-order valence-electron chi connectivity index (χ4n) is 2.46. The maximum atomic E-state index is 12.2. The summed E-state index contributed by atoms with van der Waals surface area (Å²) in [4.78, 5) is 36.0. The lowest BCUT2D eigenvalue weighted by Crippen LogP contribution is -2.30. The molecule has 2 rings (SSSR count). The van der Waals surface area contributed by atoms with Gasteiger partial charge in [-0.3, -0.25) is 14.4 Å². The van der Waals surface area contributed by atoms with Gasteiger partial charge in [-0.15, -0.1) is 0 Å². The van der Waals surface area contributed by atoms with Crippen molar-refractivity contribution in [3.8, 4) is 11.8 Å². The van der Waals surface area contributed by atoms with Gasteiger partial charge in [0, 0.05) is 16.8 Å². The lowest BCUT2D eigenvalue weighted by molar-refractivity contribution is -0.152. The second-order valence-corrected chi connectivity index (χ2v) is 6.07. The van der Waals surface area contributed by atoms with Crippen molar-refractivity contribution >= 4 is 23.3 Å². The van der Waals surface area contributed by atoms with Gasteiger partial charge in [0.1, 0.15) is 5.75 Å². The Morgan fingerprint density at radius 2 is 1.82 bits per heavy atom. The molecule has 0 heterocycles. The van der Waals surface area contributed by atoms with E-state index in [2.05, 4.69) is 5.32 Å². The topological polar surface area (TPSA) is 105 Å². The maximum absolute atomic E-state index is 12.2. The Kier molecular flexibility index (Phi) is 6.88. The number of nitriles is 1. The van der Waals surface area contributed by atoms with Gasteiger partial charge in [0.05, 0.1) is 25.2 Å². The molecule has 28 heavy (non-hydrogen) atoms. The van der Waals surface area contributed by atoms with Crippen LogP contribution in [0.5, 0.6) is 5.75 Å². The number of hydrogen-bond acceptors (Lipinski definition) is 6. The van der Waals surface area contributed by atoms with E-state index in [0.717, 1.165) is 0 Å². The average molecular weight is 380 g/mol. The Balaban J connectivity index is 1.99. The second-order valence-electron chi connectivity index (χ2n) is 6.07. The molecule has 1 atom stereocenters. The lowest BCUT2D eigenvalue weighted by atomic mass is 10.0. The molecule has 2 aromatic carbocycles. The number of rotatable bonds is 7. The Morgan fingerprint density at radius 3 is 2.39 bits per heavy atom. The van der Waals surface area contributed by atoms with Crippen LogP contribution in [0.1, 0.15) is 35.3 Å². The SMILES string of the molecule is COc1ccc(C(C)=O)cc1CC(=O)O[C@H](C)C(=O)Nc1ccc(C#N)cc1. The molecule has 0 radical (unpaired) electrons. The minimum Gasteiger partial charge on any atom is -0.496 e. The third-order valence-corrected chi connectivity index (χ3v) is 3.98. The summed E-state index contributed by atoms with van der Waals surface area (Å²) in [7, 11) is 1.46. The Bertz CT molecular complexity index is 929. The molecule has 144 valence electrons. The van der Waals surface area contributed by atoms with E-state index in [9.17, 15) is 14.4 Å². The van der Waals surface area contributed by atoms with E-state index >= 15 is 0 Å². The number of nitrogens with zero attached hydrogens (tertiary/aromatic N) is 1. The molecule has 7 nitrogen and oxygen atoms in total. The van der Waals surface area contributed by atoms with Crippen LogP contribution in [0.25, 0.3) is 0 Å². The van der Waals surface area contributed by atoms with Crippen molar-refractivity contribution < 1.29 is 23.9 Å². The van der Waals surface area contributed by atoms with Crippen molar-refractivity contribution in [3.63, 3.8) is 0 Å². The summed E-state index contributed by atoms with van der Waals surface area (Å²) < 4.78 is 10.4. The number of esters is 1. The third kappa shape index (κ3) is 5.42. The number of carbonyl (C=O) groups is 3. The zero-order chi connectivity index (χ0) is 20.7. The number of amides is 1. The van der Waals surface area contributed by atoms with Crippen molar-refractivity contribution in [2.24, 2.45) is 0 Å². The highest BCUT2D eigenvalue weighted by molar-refractivity contribution is 5.96. The maximum Gasteiger partial charge on any atom is 0.311 e. The van der Waals surface area contributed by atoms with Gasteiger partial charge >= 0.3 is 5.97 Å². The fourth-order valence-corrected chi connectivity index (χ4v) is 2.46. The molecule has 0 aliphatic carbocycles. The van der Waals surface area contributed by atoms with Gasteiger partial charge in [-0.25, -0.2) is 0 Å². The molecule has 0 bridgehead atoms. The monoisotopic (exact) mass is 380 g/mol. The first-order valence-corrected chi connectivity index (χ1v) is 8.52. The zero-order valence-corrected chi connectivity index (χ0v) is 15.8. The molecular formula is C21H20N2O5. The molecule has 7 heteroatoms. The van der Waals surface area contributed by atoms with Crippen molar-refractivity contribution in [2.45, 2.75) is 26.4 Å². The van der Waals surface area contributed by atoms with Gasteiger partial charge in [0.2, 0.25) is 0 Å². The molecule has 0 saturated heterocycles. The molecule has 0 fully saturated rings. The van der Waals surface area contributed by atoms with E-state index in [0.29, 0.717) is 28.1 Å². The minimum atomic E-state index is -1.02. The van der Waals surface area contributed by atoms with Crippen LogP contribution in [-0.2, 0) is 20.7 Å². The van der Waals surface area contributed by atoms with Gasteiger partial charge in [0.15, 0.2) is 11.9 Å². The highest BCUT2D eigenvalue weighted by Crippen LogP contribution is 2.21. The number of methoxy groups -OCH3 is 1. The van der Waals surface area contributed by atoms with Crippen LogP contribution in [0.15, 0.2) is 42.5 Å². The predicted molar refractivity (Wildman–Crippen MR) is 102 cm³/mol. The standard InChI is InChI=1S/C21H20N2O5/c1-13(24)16-6-9-19(27-3)17(10-16)11-20(25)28-14(2)21(26)23-18-7-4-15(12-22)5-8-18/h4-10,14H,11H2,1-3H3,(H,23,26)/t14-/m1/s1. The van der Waals surface area contributed by atoms with Gasteiger partial charge in [-0.1, -0.05) is 0 Å². The summed E-state index contributed by atoms with van der Waals surface area (Å²) in [6.07, 6.45) is -1.16. The average Bonchev–Trinajstić information content (AvgIpc) is 2.68. The molecule has 0 aliphatic heterocycles. The third-order valence-electron chi connectivity index (χ3n) is 3.98. The van der Waals surface area contributed by atoms with E-state index < -0.39 is 18.0 Å². The Hall–Kier alpha value is -3.66. The minimum absolute atomic E-state index is 0.132. The highest BCUT2D eigenvalue weighted by atomic mass is 16.5. The summed E-state index contributed by atoms with van der Waals surface area (Å²) in [6, 6.07) is 13.1. The van der Waals surface area contributed by atoms with E-state index in [1.807, 2.05) is 6.07 Å². The van der Waals surface area contributed by atoms with Crippen LogP contribution in [0.3, 0.4) is 0 Å². The largest absolute Gasteiger partial charge is 0.496 e. The normalized spacial score (nSPS) is 11.1. The van der Waals surface area contributed by atoms with Gasteiger partial charge in [-0.2, -0.15) is 5.26 Å². The van der Waals surface area contributed by atoms with Crippen LogP contribution >= 0.6 is 0 Å². The van der Waals surface area contributed by atoms with Crippen molar-refractivity contribution in [1.29, 1.82) is 5.26 Å². The van der Waals surface area contributed by atoms with Crippen LogP contribution in [0.4, 0.5) is 5.69 Å². The smallest absolute Gasteiger partial charge is 0.311 e. The molecule has 1 N–H and O–H groups in total. The Labute approximate surface area is 162 Å². The number of carbonyl (C=O) groups excluding carboxylic acids is 3. The molecule has 0 aromatic heterocycles. The van der Waals surface area contributed by atoms with Crippen molar-refractivity contribution in [2.75, 3.05) is 12.4 Å². The summed E-state index contributed by atoms with van der Waals surface area (Å²) in [5.74, 6) is -0.798. The van der Waals surface area contributed by atoms with Crippen LogP contribution in [0, 0.1) is 11.3 Å². The quantitative estimate of drug-likeness (QED) is 0.585. The zero-order valence-electron chi connectivity index (χ0n) is 15.8. The summed E-state index contributed by atoms with van der Waals surface area (Å²) in [6.45, 7) is 2.89. The molecule has 1 amide bonds. The van der Waals surface area contributed by atoms with Crippen molar-refractivity contribution in [3.05, 3.63) is 59.2 Å². The number of ether oxygens (including phenoxy) is 2. The number of nitrogens with one attached hydrogen (secondary N) is 1.